The molecule has 0 fully saturated rings. The highest BCUT2D eigenvalue weighted by Crippen LogP contribution is 2.14. The van der Waals surface area contributed by atoms with Gasteiger partial charge in [-0.3, -0.25) is 9.78 Å². The van der Waals surface area contributed by atoms with Gasteiger partial charge in [0.2, 0.25) is 0 Å². The van der Waals surface area contributed by atoms with Gasteiger partial charge >= 0.3 is 0 Å². The Morgan fingerprint density at radius 1 is 1.22 bits per heavy atom. The van der Waals surface area contributed by atoms with E-state index >= 15 is 0 Å². The number of anilines is 1. The molecule has 0 atom stereocenters. The molecule has 5 heteroatoms. The average molecular weight is 238 g/mol. The summed E-state index contributed by atoms with van der Waals surface area (Å²) in [5.41, 5.74) is 1.28. The maximum Gasteiger partial charge on any atom is 0.291 e. The summed E-state index contributed by atoms with van der Waals surface area (Å²) in [7, 11) is 0. The zero-order chi connectivity index (χ0) is 13.0. The lowest BCUT2D eigenvalue weighted by molar-refractivity contribution is 0.0982. The Kier molecular flexibility index (Phi) is 3.32. The first-order chi connectivity index (χ1) is 8.72. The van der Waals surface area contributed by atoms with Gasteiger partial charge in [-0.1, -0.05) is 6.07 Å². The van der Waals surface area contributed by atoms with Crippen molar-refractivity contribution in [1.82, 2.24) is 4.98 Å². The number of nitrogens with zero attached hydrogens (tertiary/aromatic N) is 3. The second-order valence-corrected chi connectivity index (χ2v) is 3.55. The van der Waals surface area contributed by atoms with Gasteiger partial charge in [0.1, 0.15) is 5.69 Å². The van der Waals surface area contributed by atoms with Crippen molar-refractivity contribution in [3.05, 3.63) is 59.9 Å². The number of rotatable bonds is 2. The molecule has 0 aliphatic carbocycles. The van der Waals surface area contributed by atoms with Gasteiger partial charge in [-0.15, -0.1) is 0 Å². The fourth-order valence-corrected chi connectivity index (χ4v) is 1.43. The zero-order valence-electron chi connectivity index (χ0n) is 9.45. The van der Waals surface area contributed by atoms with Gasteiger partial charge in [-0.05, 0) is 36.4 Å². The predicted octanol–water partition coefficient (Wildman–Crippen LogP) is 1.47. The van der Waals surface area contributed by atoms with Crippen LogP contribution in [0.1, 0.15) is 16.1 Å². The van der Waals surface area contributed by atoms with E-state index in [0.29, 0.717) is 11.3 Å². The normalized spacial score (nSPS) is 9.56. The fraction of sp³-hybridized carbons (Fsp3) is 0. The highest BCUT2D eigenvalue weighted by Gasteiger charge is 2.14. The monoisotopic (exact) mass is 238 g/mol. The highest BCUT2D eigenvalue weighted by atomic mass is 16.2. The second-order valence-electron chi connectivity index (χ2n) is 3.55. The van der Waals surface area contributed by atoms with Crippen molar-refractivity contribution >= 4 is 11.6 Å². The summed E-state index contributed by atoms with van der Waals surface area (Å²) in [5, 5.41) is 9.69. The molecule has 0 saturated heterocycles. The molecule has 2 N–H and O–H groups in total. The molecule has 1 aromatic heterocycles. The van der Waals surface area contributed by atoms with Crippen LogP contribution in [0, 0.1) is 11.3 Å². The number of carbonyl (C=O) groups excluding carboxylic acids is 1. The lowest BCUT2D eigenvalue weighted by Crippen LogP contribution is -2.37. The number of amides is 1. The van der Waals surface area contributed by atoms with Gasteiger partial charge in [-0.25, -0.2) is 10.9 Å². The summed E-state index contributed by atoms with van der Waals surface area (Å²) in [4.78, 5) is 15.9. The Balaban J connectivity index is 2.23. The number of pyridine rings is 1. The van der Waals surface area contributed by atoms with E-state index in [1.165, 1.54) is 6.20 Å². The predicted molar refractivity (Wildman–Crippen MR) is 66.4 cm³/mol. The number of hydrogen-bond acceptors (Lipinski definition) is 4. The van der Waals surface area contributed by atoms with Gasteiger partial charge in [-0.2, -0.15) is 5.26 Å². The minimum absolute atomic E-state index is 0.268. The molecule has 1 heterocycles. The van der Waals surface area contributed by atoms with Gasteiger partial charge in [0.25, 0.3) is 5.91 Å². The molecular formula is C13H10N4O. The van der Waals surface area contributed by atoms with Crippen molar-refractivity contribution in [3.8, 4) is 6.07 Å². The number of benzene rings is 1. The van der Waals surface area contributed by atoms with Gasteiger partial charge in [0.15, 0.2) is 0 Å². The van der Waals surface area contributed by atoms with Crippen LogP contribution in [-0.4, -0.2) is 10.9 Å². The molecule has 0 saturated carbocycles. The Labute approximate surface area is 104 Å². The highest BCUT2D eigenvalue weighted by molar-refractivity contribution is 6.03. The third-order valence-corrected chi connectivity index (χ3v) is 2.38. The minimum atomic E-state index is -0.402. The molecule has 0 aliphatic rings. The third kappa shape index (κ3) is 2.34. The molecule has 5 nitrogen and oxygen atoms in total. The summed E-state index contributed by atoms with van der Waals surface area (Å²) in [6.45, 7) is 0. The molecule has 0 unspecified atom stereocenters. The van der Waals surface area contributed by atoms with E-state index in [-0.39, 0.29) is 5.69 Å². The molecular weight excluding hydrogens is 228 g/mol. The van der Waals surface area contributed by atoms with Crippen LogP contribution in [0.2, 0.25) is 0 Å². The summed E-state index contributed by atoms with van der Waals surface area (Å²) >= 11 is 0. The molecule has 0 radical (unpaired) electrons. The van der Waals surface area contributed by atoms with Crippen molar-refractivity contribution in [1.29, 1.82) is 5.26 Å². The van der Waals surface area contributed by atoms with E-state index in [1.54, 1.807) is 42.5 Å². The van der Waals surface area contributed by atoms with Crippen molar-refractivity contribution in [2.45, 2.75) is 0 Å². The van der Waals surface area contributed by atoms with E-state index in [1.807, 2.05) is 6.07 Å². The first-order valence-electron chi connectivity index (χ1n) is 5.22. The van der Waals surface area contributed by atoms with Crippen LogP contribution >= 0.6 is 0 Å². The maximum absolute atomic E-state index is 12.0. The van der Waals surface area contributed by atoms with E-state index in [2.05, 4.69) is 4.98 Å². The Morgan fingerprint density at radius 2 is 1.94 bits per heavy atom. The Morgan fingerprint density at radius 3 is 2.50 bits per heavy atom. The third-order valence-electron chi connectivity index (χ3n) is 2.38. The van der Waals surface area contributed by atoms with Crippen molar-refractivity contribution < 1.29 is 4.79 Å². The van der Waals surface area contributed by atoms with Crippen LogP contribution in [0.5, 0.6) is 0 Å². The number of hydrogen-bond donors (Lipinski definition) is 1. The first-order valence-corrected chi connectivity index (χ1v) is 5.22. The molecule has 0 bridgehead atoms. The fourth-order valence-electron chi connectivity index (χ4n) is 1.43. The van der Waals surface area contributed by atoms with Crippen LogP contribution < -0.4 is 10.9 Å². The zero-order valence-corrected chi connectivity index (χ0v) is 9.45. The average Bonchev–Trinajstić information content (AvgIpc) is 2.47. The largest absolute Gasteiger partial charge is 0.291 e. The number of hydrazine groups is 1. The van der Waals surface area contributed by atoms with Gasteiger partial charge in [0.05, 0.1) is 17.3 Å². The summed E-state index contributed by atoms with van der Waals surface area (Å²) < 4.78 is 0. The molecule has 88 valence electrons. The van der Waals surface area contributed by atoms with Crippen molar-refractivity contribution in [2.24, 2.45) is 5.84 Å². The summed E-state index contributed by atoms with van der Waals surface area (Å²) in [5.74, 6) is 5.32. The van der Waals surface area contributed by atoms with Crippen LogP contribution in [0.3, 0.4) is 0 Å². The van der Waals surface area contributed by atoms with Crippen LogP contribution in [0.15, 0.2) is 48.7 Å². The lowest BCUT2D eigenvalue weighted by atomic mass is 10.2. The molecule has 1 aromatic carbocycles. The molecule has 0 aliphatic heterocycles. The summed E-state index contributed by atoms with van der Waals surface area (Å²) in [6.07, 6.45) is 1.53. The quantitative estimate of drug-likeness (QED) is 0.488. The van der Waals surface area contributed by atoms with Crippen LogP contribution in [0.25, 0.3) is 0 Å². The Hall–Kier alpha value is -2.71. The molecule has 1 amide bonds. The molecule has 2 rings (SSSR count). The van der Waals surface area contributed by atoms with E-state index in [9.17, 15) is 4.79 Å². The maximum atomic E-state index is 12.0. The summed E-state index contributed by atoms with van der Waals surface area (Å²) in [6, 6.07) is 13.4. The van der Waals surface area contributed by atoms with E-state index in [4.69, 9.17) is 11.1 Å². The standard InChI is InChI=1S/C13H10N4O/c14-9-10-4-6-11(7-5-10)17(15)13(18)12-3-1-2-8-16-12/h1-8H,15H2. The molecule has 18 heavy (non-hydrogen) atoms. The first kappa shape index (κ1) is 11.8. The lowest BCUT2D eigenvalue weighted by Gasteiger charge is -2.15. The number of aromatic nitrogens is 1. The minimum Gasteiger partial charge on any atom is -0.265 e. The number of nitrogens with two attached hydrogens (primary N) is 1. The second kappa shape index (κ2) is 5.08. The number of carbonyl (C=O) groups is 1. The van der Waals surface area contributed by atoms with Crippen molar-refractivity contribution in [3.63, 3.8) is 0 Å². The molecule has 2 aromatic rings. The Bertz CT molecular complexity index is 587. The van der Waals surface area contributed by atoms with E-state index in [0.717, 1.165) is 5.01 Å². The van der Waals surface area contributed by atoms with Crippen LogP contribution in [-0.2, 0) is 0 Å². The SMILES string of the molecule is N#Cc1ccc(N(N)C(=O)c2ccccn2)cc1. The van der Waals surface area contributed by atoms with Gasteiger partial charge in [0, 0.05) is 6.20 Å². The van der Waals surface area contributed by atoms with Crippen LogP contribution in [0.4, 0.5) is 5.69 Å². The topological polar surface area (TPSA) is 83.0 Å². The van der Waals surface area contributed by atoms with Crippen molar-refractivity contribution in [2.75, 3.05) is 5.01 Å². The van der Waals surface area contributed by atoms with E-state index < -0.39 is 5.91 Å². The van der Waals surface area contributed by atoms with Gasteiger partial charge < -0.3 is 0 Å². The smallest absolute Gasteiger partial charge is 0.265 e. The molecule has 0 spiro atoms. The number of nitriles is 1.